The van der Waals surface area contributed by atoms with Crippen LogP contribution in [-0.4, -0.2) is 27.5 Å². The van der Waals surface area contributed by atoms with E-state index in [0.29, 0.717) is 34.3 Å². The summed E-state index contributed by atoms with van der Waals surface area (Å²) in [6.45, 7) is 7.64. The van der Waals surface area contributed by atoms with Gasteiger partial charge in [-0.05, 0) is 69.3 Å². The van der Waals surface area contributed by atoms with E-state index in [9.17, 15) is 9.59 Å². The number of anilines is 1. The number of benzene rings is 2. The molecule has 2 amide bonds. The van der Waals surface area contributed by atoms with Crippen LogP contribution in [0.4, 0.5) is 5.69 Å². The predicted molar refractivity (Wildman–Crippen MR) is 111 cm³/mol. The highest BCUT2D eigenvalue weighted by Crippen LogP contribution is 2.16. The largest absolute Gasteiger partial charge is 0.485 e. The first-order valence-corrected chi connectivity index (χ1v) is 9.45. The standard InChI is InChI=1S/C22H24N4O4/c1-14-23-19(26-30-14)13-29-18-11-7-15(8-12-18)20(27)24-17-9-5-16(6-10-17)21(28)25-22(2,3)4/h5-12H,13H2,1-4H3,(H,24,27)(H,25,28). The van der Waals surface area contributed by atoms with Crippen molar-refractivity contribution < 1.29 is 18.8 Å². The minimum Gasteiger partial charge on any atom is -0.485 e. The highest BCUT2D eigenvalue weighted by Gasteiger charge is 2.15. The zero-order chi connectivity index (χ0) is 21.7. The molecule has 156 valence electrons. The van der Waals surface area contributed by atoms with Crippen LogP contribution in [0.25, 0.3) is 0 Å². The summed E-state index contributed by atoms with van der Waals surface area (Å²) < 4.78 is 10.5. The van der Waals surface area contributed by atoms with Gasteiger partial charge >= 0.3 is 0 Å². The van der Waals surface area contributed by atoms with Crippen molar-refractivity contribution in [1.82, 2.24) is 15.5 Å². The van der Waals surface area contributed by atoms with Crippen LogP contribution >= 0.6 is 0 Å². The first-order chi connectivity index (χ1) is 14.2. The highest BCUT2D eigenvalue weighted by molar-refractivity contribution is 6.04. The molecule has 0 saturated heterocycles. The first kappa shape index (κ1) is 21.0. The zero-order valence-corrected chi connectivity index (χ0v) is 17.4. The molecule has 30 heavy (non-hydrogen) atoms. The summed E-state index contributed by atoms with van der Waals surface area (Å²) in [5.74, 6) is 1.09. The maximum Gasteiger partial charge on any atom is 0.255 e. The molecular formula is C22H24N4O4. The van der Waals surface area contributed by atoms with E-state index in [1.54, 1.807) is 55.5 Å². The number of hydrogen-bond acceptors (Lipinski definition) is 6. The van der Waals surface area contributed by atoms with Gasteiger partial charge in [-0.2, -0.15) is 4.98 Å². The molecule has 0 atom stereocenters. The summed E-state index contributed by atoms with van der Waals surface area (Å²) in [6, 6.07) is 13.5. The molecule has 0 aliphatic carbocycles. The Labute approximate surface area is 174 Å². The van der Waals surface area contributed by atoms with Crippen LogP contribution in [0.2, 0.25) is 0 Å². The number of nitrogens with zero attached hydrogens (tertiary/aromatic N) is 2. The first-order valence-electron chi connectivity index (χ1n) is 9.45. The van der Waals surface area contributed by atoms with Gasteiger partial charge in [-0.1, -0.05) is 5.16 Å². The quantitative estimate of drug-likeness (QED) is 0.644. The maximum atomic E-state index is 12.5. The molecule has 0 spiro atoms. The molecule has 3 rings (SSSR count). The second-order valence-electron chi connectivity index (χ2n) is 7.78. The smallest absolute Gasteiger partial charge is 0.255 e. The Morgan fingerprint density at radius 2 is 1.57 bits per heavy atom. The minimum absolute atomic E-state index is 0.160. The van der Waals surface area contributed by atoms with E-state index in [4.69, 9.17) is 9.26 Å². The van der Waals surface area contributed by atoms with E-state index in [-0.39, 0.29) is 24.0 Å². The number of ether oxygens (including phenoxy) is 1. The maximum absolute atomic E-state index is 12.5. The van der Waals surface area contributed by atoms with Crippen molar-refractivity contribution in [3.63, 3.8) is 0 Å². The summed E-state index contributed by atoms with van der Waals surface area (Å²) in [7, 11) is 0. The predicted octanol–water partition coefficient (Wildman–Crippen LogP) is 3.74. The lowest BCUT2D eigenvalue weighted by atomic mass is 10.1. The van der Waals surface area contributed by atoms with E-state index in [1.807, 2.05) is 20.8 Å². The van der Waals surface area contributed by atoms with Crippen molar-refractivity contribution in [3.05, 3.63) is 71.4 Å². The zero-order valence-electron chi connectivity index (χ0n) is 17.4. The van der Waals surface area contributed by atoms with Gasteiger partial charge in [0.1, 0.15) is 5.75 Å². The fourth-order valence-electron chi connectivity index (χ4n) is 2.57. The molecular weight excluding hydrogens is 384 g/mol. The summed E-state index contributed by atoms with van der Waals surface area (Å²) in [6.07, 6.45) is 0. The summed E-state index contributed by atoms with van der Waals surface area (Å²) in [4.78, 5) is 28.7. The molecule has 0 saturated carbocycles. The minimum atomic E-state index is -0.315. The van der Waals surface area contributed by atoms with Crippen LogP contribution in [-0.2, 0) is 6.61 Å². The average Bonchev–Trinajstić information content (AvgIpc) is 3.11. The van der Waals surface area contributed by atoms with Crippen LogP contribution in [0.1, 0.15) is 53.2 Å². The Bertz CT molecular complexity index is 1020. The third-order valence-corrected chi connectivity index (χ3v) is 3.95. The van der Waals surface area contributed by atoms with Gasteiger partial charge in [0.15, 0.2) is 6.61 Å². The van der Waals surface area contributed by atoms with E-state index in [2.05, 4.69) is 20.8 Å². The second kappa shape index (κ2) is 8.77. The van der Waals surface area contributed by atoms with Crippen LogP contribution in [0.5, 0.6) is 5.75 Å². The monoisotopic (exact) mass is 408 g/mol. The number of rotatable bonds is 6. The van der Waals surface area contributed by atoms with Crippen molar-refractivity contribution in [1.29, 1.82) is 0 Å². The molecule has 0 bridgehead atoms. The van der Waals surface area contributed by atoms with Crippen LogP contribution in [0, 0.1) is 6.92 Å². The molecule has 1 heterocycles. The Hall–Kier alpha value is -3.68. The summed E-state index contributed by atoms with van der Waals surface area (Å²) >= 11 is 0. The third kappa shape index (κ3) is 5.91. The van der Waals surface area contributed by atoms with Crippen molar-refractivity contribution in [3.8, 4) is 5.75 Å². The topological polar surface area (TPSA) is 106 Å². The van der Waals surface area contributed by atoms with Gasteiger partial charge in [0.05, 0.1) is 0 Å². The molecule has 0 unspecified atom stereocenters. The number of aromatic nitrogens is 2. The fourth-order valence-corrected chi connectivity index (χ4v) is 2.57. The second-order valence-corrected chi connectivity index (χ2v) is 7.78. The Kier molecular flexibility index (Phi) is 6.15. The number of carbonyl (C=O) groups excluding carboxylic acids is 2. The molecule has 2 N–H and O–H groups in total. The number of carbonyl (C=O) groups is 2. The fraction of sp³-hybridized carbons (Fsp3) is 0.273. The van der Waals surface area contributed by atoms with Crippen LogP contribution in [0.3, 0.4) is 0 Å². The van der Waals surface area contributed by atoms with Gasteiger partial charge < -0.3 is 19.9 Å². The van der Waals surface area contributed by atoms with E-state index >= 15 is 0 Å². The molecule has 0 aliphatic heterocycles. The lowest BCUT2D eigenvalue weighted by molar-refractivity contribution is 0.0919. The van der Waals surface area contributed by atoms with Gasteiger partial charge in [-0.15, -0.1) is 0 Å². The molecule has 8 nitrogen and oxygen atoms in total. The number of nitrogens with one attached hydrogen (secondary N) is 2. The highest BCUT2D eigenvalue weighted by atomic mass is 16.5. The molecule has 0 aliphatic rings. The normalized spacial score (nSPS) is 11.1. The molecule has 3 aromatic rings. The summed E-state index contributed by atoms with van der Waals surface area (Å²) in [5, 5.41) is 9.46. The molecule has 0 fully saturated rings. The van der Waals surface area contributed by atoms with Gasteiger partial charge in [0.25, 0.3) is 11.8 Å². The van der Waals surface area contributed by atoms with Crippen LogP contribution in [0.15, 0.2) is 53.1 Å². The van der Waals surface area contributed by atoms with E-state index in [0.717, 1.165) is 0 Å². The Morgan fingerprint density at radius 3 is 2.13 bits per heavy atom. The molecule has 2 aromatic carbocycles. The molecule has 8 heteroatoms. The number of hydrogen-bond donors (Lipinski definition) is 2. The van der Waals surface area contributed by atoms with E-state index in [1.165, 1.54) is 0 Å². The average molecular weight is 408 g/mol. The van der Waals surface area contributed by atoms with Gasteiger partial charge in [-0.25, -0.2) is 0 Å². The van der Waals surface area contributed by atoms with Crippen molar-refractivity contribution in [2.24, 2.45) is 0 Å². The van der Waals surface area contributed by atoms with Crippen molar-refractivity contribution in [2.45, 2.75) is 39.8 Å². The van der Waals surface area contributed by atoms with Crippen molar-refractivity contribution >= 4 is 17.5 Å². The van der Waals surface area contributed by atoms with E-state index < -0.39 is 0 Å². The number of aryl methyl sites for hydroxylation is 1. The Morgan fingerprint density at radius 1 is 0.967 bits per heavy atom. The number of amides is 2. The van der Waals surface area contributed by atoms with Gasteiger partial charge in [0.2, 0.25) is 11.7 Å². The lowest BCUT2D eigenvalue weighted by Crippen LogP contribution is -2.40. The third-order valence-electron chi connectivity index (χ3n) is 3.95. The van der Waals surface area contributed by atoms with Gasteiger partial charge in [0, 0.05) is 29.3 Å². The lowest BCUT2D eigenvalue weighted by Gasteiger charge is -2.20. The van der Waals surface area contributed by atoms with Crippen molar-refractivity contribution in [2.75, 3.05) is 5.32 Å². The van der Waals surface area contributed by atoms with Crippen LogP contribution < -0.4 is 15.4 Å². The molecule has 1 aromatic heterocycles. The molecule has 0 radical (unpaired) electrons. The Balaban J connectivity index is 1.55. The van der Waals surface area contributed by atoms with Gasteiger partial charge in [-0.3, -0.25) is 9.59 Å². The SMILES string of the molecule is Cc1nc(COc2ccc(C(=O)Nc3ccc(C(=O)NC(C)(C)C)cc3)cc2)no1. The summed E-state index contributed by atoms with van der Waals surface area (Å²) in [5.41, 5.74) is 1.29.